The van der Waals surface area contributed by atoms with Crippen molar-refractivity contribution < 1.29 is 0 Å². The first-order chi connectivity index (χ1) is 10.0. The van der Waals surface area contributed by atoms with Crippen molar-refractivity contribution in [3.8, 4) is 0 Å². The largest absolute Gasteiger partial charge is 0.309 e. The molecular formula is C19H25NS. The first-order valence-electron chi connectivity index (χ1n) is 8.19. The highest BCUT2D eigenvalue weighted by Crippen LogP contribution is 2.62. The van der Waals surface area contributed by atoms with E-state index in [-0.39, 0.29) is 0 Å². The molecule has 2 aromatic rings. The van der Waals surface area contributed by atoms with Crippen molar-refractivity contribution in [1.29, 1.82) is 0 Å². The molecule has 1 aromatic heterocycles. The Kier molecular flexibility index (Phi) is 3.00. The summed E-state index contributed by atoms with van der Waals surface area (Å²) in [5, 5.41) is 7.71. The Balaban J connectivity index is 1.57. The summed E-state index contributed by atoms with van der Waals surface area (Å²) in [5.41, 5.74) is 2.43. The van der Waals surface area contributed by atoms with Gasteiger partial charge in [-0.25, -0.2) is 0 Å². The molecule has 2 bridgehead atoms. The third-order valence-electron chi connectivity index (χ3n) is 6.33. The molecule has 0 amide bonds. The maximum absolute atomic E-state index is 3.95. The molecule has 2 aliphatic carbocycles. The first kappa shape index (κ1) is 13.8. The third kappa shape index (κ3) is 1.99. The Hall–Kier alpha value is -0.860. The summed E-state index contributed by atoms with van der Waals surface area (Å²) in [6.45, 7) is 8.47. The Morgan fingerprint density at radius 3 is 2.81 bits per heavy atom. The van der Waals surface area contributed by atoms with Crippen LogP contribution >= 0.6 is 11.3 Å². The molecule has 2 heteroatoms. The van der Waals surface area contributed by atoms with Crippen LogP contribution in [0.15, 0.2) is 29.6 Å². The Morgan fingerprint density at radius 1 is 1.24 bits per heavy atom. The van der Waals surface area contributed by atoms with Crippen LogP contribution in [0.5, 0.6) is 0 Å². The monoisotopic (exact) mass is 299 g/mol. The van der Waals surface area contributed by atoms with Gasteiger partial charge < -0.3 is 5.32 Å². The van der Waals surface area contributed by atoms with Crippen molar-refractivity contribution in [2.24, 2.45) is 16.7 Å². The van der Waals surface area contributed by atoms with Gasteiger partial charge in [-0.2, -0.15) is 0 Å². The fourth-order valence-electron chi connectivity index (χ4n) is 5.19. The number of rotatable bonds is 3. The van der Waals surface area contributed by atoms with E-state index in [4.69, 9.17) is 0 Å². The van der Waals surface area contributed by atoms with Gasteiger partial charge in [-0.05, 0) is 58.4 Å². The maximum atomic E-state index is 3.95. The van der Waals surface area contributed by atoms with Crippen molar-refractivity contribution in [3.05, 3.63) is 35.2 Å². The second kappa shape index (κ2) is 4.57. The van der Waals surface area contributed by atoms with Crippen LogP contribution in [0.2, 0.25) is 0 Å². The fraction of sp³-hybridized carbons (Fsp3) is 0.579. The number of benzene rings is 1. The van der Waals surface area contributed by atoms with E-state index in [2.05, 4.69) is 55.7 Å². The number of hydrogen-bond donors (Lipinski definition) is 1. The zero-order chi connectivity index (χ0) is 14.7. The molecule has 2 saturated carbocycles. The topological polar surface area (TPSA) is 12.0 Å². The Morgan fingerprint density at radius 2 is 2.05 bits per heavy atom. The molecule has 1 N–H and O–H groups in total. The lowest BCUT2D eigenvalue weighted by Crippen LogP contribution is -2.49. The van der Waals surface area contributed by atoms with Gasteiger partial charge >= 0.3 is 0 Å². The quantitative estimate of drug-likeness (QED) is 0.820. The van der Waals surface area contributed by atoms with Crippen molar-refractivity contribution in [3.63, 3.8) is 0 Å². The molecule has 1 heterocycles. The maximum Gasteiger partial charge on any atom is 0.0346 e. The summed E-state index contributed by atoms with van der Waals surface area (Å²) in [4.78, 5) is 0. The van der Waals surface area contributed by atoms with Crippen LogP contribution in [-0.2, 0) is 6.54 Å². The summed E-state index contributed by atoms with van der Waals surface area (Å²) < 4.78 is 1.41. The van der Waals surface area contributed by atoms with Gasteiger partial charge in [0.25, 0.3) is 0 Å². The van der Waals surface area contributed by atoms with Gasteiger partial charge in [-0.15, -0.1) is 11.3 Å². The highest BCUT2D eigenvalue weighted by atomic mass is 32.1. The first-order valence-corrected chi connectivity index (χ1v) is 9.07. The molecule has 2 aliphatic rings. The minimum atomic E-state index is 0.443. The number of hydrogen-bond acceptors (Lipinski definition) is 2. The molecule has 3 atom stereocenters. The van der Waals surface area contributed by atoms with Crippen molar-refractivity contribution in [2.45, 2.75) is 52.6 Å². The number of thiophene rings is 1. The summed E-state index contributed by atoms with van der Waals surface area (Å²) in [6.07, 6.45) is 4.26. The second-order valence-electron chi connectivity index (χ2n) is 7.99. The van der Waals surface area contributed by atoms with E-state index < -0.39 is 0 Å². The molecule has 2 fully saturated rings. The lowest BCUT2D eigenvalue weighted by molar-refractivity contribution is 0.108. The molecule has 0 spiro atoms. The molecule has 0 saturated heterocycles. The molecule has 112 valence electrons. The van der Waals surface area contributed by atoms with E-state index in [0.29, 0.717) is 16.9 Å². The lowest BCUT2D eigenvalue weighted by atomic mass is 9.68. The Labute approximate surface area is 131 Å². The Bertz CT molecular complexity index is 666. The van der Waals surface area contributed by atoms with Gasteiger partial charge in [0.05, 0.1) is 0 Å². The zero-order valence-corrected chi connectivity index (χ0v) is 14.1. The molecule has 0 aliphatic heterocycles. The highest BCUT2D eigenvalue weighted by Gasteiger charge is 2.58. The van der Waals surface area contributed by atoms with Crippen LogP contribution in [0.3, 0.4) is 0 Å². The van der Waals surface area contributed by atoms with Crippen molar-refractivity contribution >= 4 is 21.4 Å². The highest BCUT2D eigenvalue weighted by molar-refractivity contribution is 7.17. The van der Waals surface area contributed by atoms with Gasteiger partial charge in [0.1, 0.15) is 0 Å². The van der Waals surface area contributed by atoms with Crippen LogP contribution in [0.4, 0.5) is 0 Å². The molecular weight excluding hydrogens is 274 g/mol. The summed E-state index contributed by atoms with van der Waals surface area (Å²) in [6, 6.07) is 9.43. The minimum Gasteiger partial charge on any atom is -0.309 e. The van der Waals surface area contributed by atoms with Crippen LogP contribution in [0, 0.1) is 16.7 Å². The van der Waals surface area contributed by atoms with Crippen LogP contribution < -0.4 is 5.32 Å². The number of fused-ring (bicyclic) bond motifs is 3. The van der Waals surface area contributed by atoms with Gasteiger partial charge in [0.2, 0.25) is 0 Å². The van der Waals surface area contributed by atoms with Gasteiger partial charge in [0.15, 0.2) is 0 Å². The van der Waals surface area contributed by atoms with Gasteiger partial charge in [0, 0.05) is 17.3 Å². The van der Waals surface area contributed by atoms with E-state index >= 15 is 0 Å². The SMILES string of the molecule is CC12CCC(C1)C(C)(C)C2NCc1csc2ccccc12. The van der Waals surface area contributed by atoms with E-state index in [9.17, 15) is 0 Å². The van der Waals surface area contributed by atoms with Crippen molar-refractivity contribution in [2.75, 3.05) is 0 Å². The smallest absolute Gasteiger partial charge is 0.0346 e. The van der Waals surface area contributed by atoms with E-state index in [1.807, 2.05) is 11.3 Å². The van der Waals surface area contributed by atoms with E-state index in [0.717, 1.165) is 12.5 Å². The summed E-state index contributed by atoms with van der Waals surface area (Å²) >= 11 is 1.87. The predicted octanol–water partition coefficient (Wildman–Crippen LogP) is 5.21. The van der Waals surface area contributed by atoms with E-state index in [1.165, 1.54) is 34.9 Å². The molecule has 4 rings (SSSR count). The lowest BCUT2D eigenvalue weighted by Gasteiger charge is -2.43. The number of nitrogens with one attached hydrogen (secondary N) is 1. The van der Waals surface area contributed by atoms with Crippen LogP contribution in [0.1, 0.15) is 45.6 Å². The van der Waals surface area contributed by atoms with E-state index in [1.54, 1.807) is 0 Å². The second-order valence-corrected chi connectivity index (χ2v) is 8.90. The third-order valence-corrected chi connectivity index (χ3v) is 7.34. The zero-order valence-electron chi connectivity index (χ0n) is 13.3. The van der Waals surface area contributed by atoms with Crippen molar-refractivity contribution in [1.82, 2.24) is 5.32 Å². The molecule has 3 unspecified atom stereocenters. The van der Waals surface area contributed by atoms with Crippen LogP contribution in [-0.4, -0.2) is 6.04 Å². The summed E-state index contributed by atoms with van der Waals surface area (Å²) in [5.74, 6) is 0.916. The summed E-state index contributed by atoms with van der Waals surface area (Å²) in [7, 11) is 0. The predicted molar refractivity (Wildman–Crippen MR) is 91.7 cm³/mol. The average Bonchev–Trinajstić information content (AvgIpc) is 3.08. The molecule has 1 aromatic carbocycles. The standard InChI is InChI=1S/C19H25NS/c1-18(2)14-8-9-19(3,10-14)17(18)20-11-13-12-21-16-7-5-4-6-15(13)16/h4-7,12,14,17,20H,8-11H2,1-3H3. The molecule has 21 heavy (non-hydrogen) atoms. The van der Waals surface area contributed by atoms with Crippen LogP contribution in [0.25, 0.3) is 10.1 Å². The normalized spacial score (nSPS) is 33.9. The molecule has 0 radical (unpaired) electrons. The van der Waals surface area contributed by atoms with Gasteiger partial charge in [-0.3, -0.25) is 0 Å². The average molecular weight is 299 g/mol. The fourth-order valence-corrected chi connectivity index (χ4v) is 6.16. The minimum absolute atomic E-state index is 0.443. The van der Waals surface area contributed by atoms with Gasteiger partial charge in [-0.1, -0.05) is 39.0 Å². The molecule has 1 nitrogen and oxygen atoms in total.